The van der Waals surface area contributed by atoms with Crippen LogP contribution in [0.4, 0.5) is 22.2 Å². The Bertz CT molecular complexity index is 4810. The molecule has 9 aromatic rings. The van der Waals surface area contributed by atoms with E-state index in [1.807, 2.05) is 18.2 Å². The molecule has 29 heteroatoms. The van der Waals surface area contributed by atoms with Crippen molar-refractivity contribution < 1.29 is 48.1 Å². The van der Waals surface area contributed by atoms with Crippen LogP contribution in [0.25, 0.3) is 33.8 Å². The van der Waals surface area contributed by atoms with Crippen LogP contribution in [0.2, 0.25) is 30.1 Å². The van der Waals surface area contributed by atoms with Crippen molar-refractivity contribution >= 4 is 123 Å². The number of ether oxygens (including phenoxy) is 3. The van der Waals surface area contributed by atoms with E-state index in [0.29, 0.717) is 151 Å². The van der Waals surface area contributed by atoms with Gasteiger partial charge in [0.05, 0.1) is 58.3 Å². The molecule has 23 nitrogen and oxygen atoms in total. The number of carbonyl (C=O) groups excluding carboxylic acids is 5. The van der Waals surface area contributed by atoms with Crippen LogP contribution in [0.15, 0.2) is 146 Å². The number of piperidine rings is 2. The van der Waals surface area contributed by atoms with Crippen molar-refractivity contribution in [3.8, 4) is 33.8 Å². The zero-order valence-corrected chi connectivity index (χ0v) is 67.2. The summed E-state index contributed by atoms with van der Waals surface area (Å²) in [6.07, 6.45) is 17.1. The third-order valence-electron chi connectivity index (χ3n) is 20.0. The highest BCUT2D eigenvalue weighted by molar-refractivity contribution is 6.37. The topological polar surface area (TPSA) is 345 Å². The summed E-state index contributed by atoms with van der Waals surface area (Å²) in [5, 5.41) is 21.9. The first-order valence-corrected chi connectivity index (χ1v) is 39.9. The van der Waals surface area contributed by atoms with Crippen molar-refractivity contribution in [2.75, 3.05) is 30.3 Å². The molecule has 3 amide bonds. The van der Waals surface area contributed by atoms with Gasteiger partial charge in [0.15, 0.2) is 0 Å². The maximum Gasteiger partial charge on any atom is 0.411 e. The Morgan fingerprint density at radius 2 is 0.832 bits per heavy atom. The number of halogens is 6. The van der Waals surface area contributed by atoms with Crippen LogP contribution in [0.3, 0.4) is 0 Å². The first kappa shape index (κ1) is 84.2. The van der Waals surface area contributed by atoms with Crippen molar-refractivity contribution in [1.82, 2.24) is 50.8 Å². The molecular weight excluding hydrogens is 1560 g/mol. The van der Waals surface area contributed by atoms with E-state index in [1.165, 1.54) is 17.0 Å². The fourth-order valence-electron chi connectivity index (χ4n) is 13.8. The van der Waals surface area contributed by atoms with E-state index >= 15 is 0 Å². The van der Waals surface area contributed by atoms with Gasteiger partial charge in [-0.2, -0.15) is 0 Å². The summed E-state index contributed by atoms with van der Waals surface area (Å²) >= 11 is 37.7. The maximum absolute atomic E-state index is 13.3. The highest BCUT2D eigenvalue weighted by Crippen LogP contribution is 2.33. The summed E-state index contributed by atoms with van der Waals surface area (Å²) in [4.78, 5) is 104. The van der Waals surface area contributed by atoms with Crippen molar-refractivity contribution in [2.45, 2.75) is 178 Å². The first-order valence-electron chi connectivity index (χ1n) is 37.6. The molecule has 6 aromatic carbocycles. The smallest absolute Gasteiger partial charge is 0.411 e. The third-order valence-corrected chi connectivity index (χ3v) is 22.1. The minimum atomic E-state index is -0.975. The first-order chi connectivity index (χ1) is 54.2. The number of nitrogen functional groups attached to an aromatic ring is 3. The number of carboxylic acid groups (broad SMARTS) is 1. The molecule has 592 valence electrons. The quantitative estimate of drug-likeness (QED) is 0.0259. The lowest BCUT2D eigenvalue weighted by molar-refractivity contribution is -0.156. The lowest BCUT2D eigenvalue weighted by Gasteiger charge is -2.39. The summed E-state index contributed by atoms with van der Waals surface area (Å²) in [7, 11) is 0. The highest BCUT2D eigenvalue weighted by Gasteiger charge is 2.41. The number of nitrogens with zero attached hydrogens (tertiary/aromatic N) is 7. The second-order valence-electron chi connectivity index (χ2n) is 29.2. The van der Waals surface area contributed by atoms with E-state index in [-0.39, 0.29) is 60.6 Å². The standard InChI is InChI=1S/C35H41Cl2N5O5.C30H33Cl2N5O3.C19H15Cl2N3O2/c1-35(2,3)47-34(45)42-18-17-23(19-30(42)33(44)46-24-7-4-5-8-24)40-32(43)22-13-11-21(12-14-22)29-20-39-31(38)28(41-29)16-15-25-26(36)9-6-10-27(25)37;31-23-6-3-7-24(32)22(23)12-13-25-28(33)35-17-27(37-25)18-8-10-19(11-9-18)29(38)36-20-14-15-34-26(16-20)30(39)40-21-4-1-2-5-21;20-14-2-1-3-15(21)13(14)8-9-16-18(22)23-10-17(24-16)11-4-6-12(7-5-11)19(25)26/h6,9-14,20,23-24,30H,4-5,7-8,15-19H2,1-3H3,(H2,38,39)(H,40,43);3,6-11,17,20-21,26,34H,1-2,4-5,12-16H2,(H2,33,35)(H,36,38);1-7,10H,8-9H2,(H2,22,23)(H,25,26)/t23?,30-;20?,26-;/m11./s1. The molecule has 4 aliphatic rings. The molecule has 2 saturated heterocycles. The molecule has 2 aliphatic heterocycles. The predicted molar refractivity (Wildman–Crippen MR) is 440 cm³/mol. The summed E-state index contributed by atoms with van der Waals surface area (Å²) in [6.45, 7) is 6.25. The molecule has 10 N–H and O–H groups in total. The number of hydrogen-bond donors (Lipinski definition) is 7. The number of aryl methyl sites for hydroxylation is 3. The van der Waals surface area contributed by atoms with Gasteiger partial charge in [-0.3, -0.25) is 19.3 Å². The summed E-state index contributed by atoms with van der Waals surface area (Å²) < 4.78 is 17.0. The minimum Gasteiger partial charge on any atom is -0.478 e. The van der Waals surface area contributed by atoms with Crippen LogP contribution in [0.1, 0.15) is 163 Å². The zero-order chi connectivity index (χ0) is 80.5. The van der Waals surface area contributed by atoms with Crippen molar-refractivity contribution in [2.24, 2.45) is 0 Å². The molecule has 0 radical (unpaired) electrons. The van der Waals surface area contributed by atoms with Crippen molar-refractivity contribution in [3.63, 3.8) is 0 Å². The lowest BCUT2D eigenvalue weighted by Crippen LogP contribution is -2.56. The summed E-state index contributed by atoms with van der Waals surface area (Å²) in [6, 6.07) is 35.2. The number of anilines is 3. The Hall–Kier alpha value is -9.72. The summed E-state index contributed by atoms with van der Waals surface area (Å²) in [5.41, 5.74) is 27.3. The van der Waals surface area contributed by atoms with E-state index in [9.17, 15) is 28.8 Å². The molecule has 5 heterocycles. The molecule has 13 rings (SSSR count). The fraction of sp³-hybridized carbons (Fsp3) is 0.357. The van der Waals surface area contributed by atoms with Gasteiger partial charge in [0, 0.05) is 76.6 Å². The van der Waals surface area contributed by atoms with Crippen LogP contribution in [-0.2, 0) is 62.3 Å². The highest BCUT2D eigenvalue weighted by atomic mass is 35.5. The van der Waals surface area contributed by atoms with Gasteiger partial charge in [0.1, 0.15) is 47.3 Å². The van der Waals surface area contributed by atoms with Gasteiger partial charge in [-0.25, -0.2) is 44.3 Å². The second-order valence-corrected chi connectivity index (χ2v) is 31.6. The number of nitrogens with one attached hydrogen (secondary N) is 3. The number of esters is 2. The second kappa shape index (κ2) is 39.4. The van der Waals surface area contributed by atoms with Crippen molar-refractivity contribution in [1.29, 1.82) is 0 Å². The van der Waals surface area contributed by atoms with E-state index in [2.05, 4.69) is 35.9 Å². The van der Waals surface area contributed by atoms with Gasteiger partial charge in [0.25, 0.3) is 11.8 Å². The number of rotatable bonds is 21. The molecule has 2 aliphatic carbocycles. The Balaban J connectivity index is 0.000000174. The molecule has 4 atom stereocenters. The van der Waals surface area contributed by atoms with Crippen LogP contribution in [-0.4, -0.2) is 131 Å². The number of likely N-dealkylation sites (tertiary alicyclic amines) is 1. The van der Waals surface area contributed by atoms with E-state index in [4.69, 9.17) is 116 Å². The normalized spacial score (nSPS) is 17.0. The predicted octanol–water partition coefficient (Wildman–Crippen LogP) is 16.5. The van der Waals surface area contributed by atoms with Gasteiger partial charge in [-0.15, -0.1) is 0 Å². The largest absolute Gasteiger partial charge is 0.478 e. The zero-order valence-electron chi connectivity index (χ0n) is 62.7. The van der Waals surface area contributed by atoms with E-state index in [0.717, 1.165) is 91.2 Å². The number of carboxylic acids is 1. The Morgan fingerprint density at radius 3 is 1.19 bits per heavy atom. The van der Waals surface area contributed by atoms with E-state index < -0.39 is 35.7 Å². The van der Waals surface area contributed by atoms with Gasteiger partial charge < -0.3 is 52.5 Å². The van der Waals surface area contributed by atoms with Crippen LogP contribution < -0.4 is 33.2 Å². The Labute approximate surface area is 686 Å². The Morgan fingerprint density at radius 1 is 0.478 bits per heavy atom. The average Bonchev–Trinajstić information content (AvgIpc) is 1.85. The minimum absolute atomic E-state index is 0.0328. The average molecular weight is 1650 g/mol. The number of amides is 3. The van der Waals surface area contributed by atoms with Gasteiger partial charge in [-0.1, -0.05) is 124 Å². The van der Waals surface area contributed by atoms with Gasteiger partial charge in [-0.05, 0) is 232 Å². The van der Waals surface area contributed by atoms with Gasteiger partial charge in [0.2, 0.25) is 0 Å². The molecule has 3 aromatic heterocycles. The fourth-order valence-corrected chi connectivity index (χ4v) is 15.6. The molecule has 0 bridgehead atoms. The Kier molecular flexibility index (Phi) is 29.3. The van der Waals surface area contributed by atoms with Gasteiger partial charge >= 0.3 is 24.0 Å². The molecule has 0 spiro atoms. The maximum atomic E-state index is 13.3. The SMILES string of the molecule is CC(C)(C)OC(=O)N1CCC(NC(=O)c2ccc(-c3cnc(N)c(CCc4c(Cl)cccc4Cl)n3)cc2)C[C@@H]1C(=O)OC1CCCC1.Nc1ncc(-c2ccc(C(=O)NC3CCN[C@@H](C(=O)OC4CCCC4)C3)cc2)nc1CCc1c(Cl)cccc1Cl.Nc1ncc(-c2ccc(C(=O)O)cc2)nc1CCc1c(Cl)cccc1Cl. The molecule has 113 heavy (non-hydrogen) atoms. The lowest BCUT2D eigenvalue weighted by atomic mass is 9.96. The molecule has 4 fully saturated rings. The molecule has 2 unspecified atom stereocenters. The van der Waals surface area contributed by atoms with Crippen LogP contribution in [0, 0.1) is 0 Å². The number of carbonyl (C=O) groups is 6. The summed E-state index contributed by atoms with van der Waals surface area (Å²) in [5.74, 6) is -1.07. The molecular formula is C84H89Cl6N13O10. The van der Waals surface area contributed by atoms with E-state index in [1.54, 1.807) is 136 Å². The molecule has 2 saturated carbocycles. The number of nitrogens with two attached hydrogens (primary N) is 3. The van der Waals surface area contributed by atoms with Crippen molar-refractivity contribution in [3.05, 3.63) is 227 Å². The monoisotopic (exact) mass is 1650 g/mol. The number of benzene rings is 6. The number of hydrogen-bond acceptors (Lipinski definition) is 19. The van der Waals surface area contributed by atoms with Crippen LogP contribution >= 0.6 is 69.6 Å². The van der Waals surface area contributed by atoms with Crippen LogP contribution in [0.5, 0.6) is 0 Å². The number of aromatic carboxylic acids is 1. The number of aromatic nitrogens is 6. The third kappa shape index (κ3) is 23.3.